The Morgan fingerprint density at radius 2 is 2.44 bits per heavy atom. The van der Waals surface area contributed by atoms with Gasteiger partial charge in [-0.1, -0.05) is 11.6 Å². The standard InChI is InChI=1S/C12H17ClN2OS.ClH/c1-8(10-2-3-11(13)17-10)15-12(16)6-9-4-5-14-7-9;/h2-3,8-9,14H,4-7H2,1H3,(H,15,16);1H. The molecule has 1 amide bonds. The summed E-state index contributed by atoms with van der Waals surface area (Å²) in [6.45, 7) is 3.99. The third kappa shape index (κ3) is 4.43. The molecule has 1 aromatic rings. The molecule has 1 aliphatic heterocycles. The lowest BCUT2D eigenvalue weighted by Gasteiger charge is -2.14. The minimum atomic E-state index is 0. The highest BCUT2D eigenvalue weighted by atomic mass is 35.5. The Balaban J connectivity index is 0.00000162. The molecule has 2 rings (SSSR count). The second-order valence-electron chi connectivity index (χ2n) is 4.49. The number of hydrogen-bond acceptors (Lipinski definition) is 3. The van der Waals surface area contributed by atoms with E-state index in [9.17, 15) is 4.79 Å². The zero-order valence-corrected chi connectivity index (χ0v) is 12.6. The van der Waals surface area contributed by atoms with E-state index < -0.39 is 0 Å². The summed E-state index contributed by atoms with van der Waals surface area (Å²) in [7, 11) is 0. The fourth-order valence-electron chi connectivity index (χ4n) is 2.08. The van der Waals surface area contributed by atoms with Crippen LogP contribution in [0.4, 0.5) is 0 Å². The van der Waals surface area contributed by atoms with E-state index in [1.165, 1.54) is 11.3 Å². The van der Waals surface area contributed by atoms with Crippen LogP contribution in [0.2, 0.25) is 4.34 Å². The van der Waals surface area contributed by atoms with Gasteiger partial charge in [-0.25, -0.2) is 0 Å². The Kier molecular flexibility index (Phi) is 6.43. The van der Waals surface area contributed by atoms with Gasteiger partial charge >= 0.3 is 0 Å². The van der Waals surface area contributed by atoms with Crippen molar-refractivity contribution in [3.63, 3.8) is 0 Å². The minimum Gasteiger partial charge on any atom is -0.349 e. The van der Waals surface area contributed by atoms with Gasteiger partial charge in [-0.15, -0.1) is 23.7 Å². The van der Waals surface area contributed by atoms with Crippen molar-refractivity contribution in [2.75, 3.05) is 13.1 Å². The van der Waals surface area contributed by atoms with Crippen molar-refractivity contribution >= 4 is 41.3 Å². The van der Waals surface area contributed by atoms with E-state index in [-0.39, 0.29) is 24.4 Å². The Morgan fingerprint density at radius 1 is 1.67 bits per heavy atom. The Bertz CT molecular complexity index is 391. The first-order chi connectivity index (χ1) is 8.15. The molecule has 2 heterocycles. The maximum Gasteiger partial charge on any atom is 0.220 e. The average Bonchev–Trinajstić information content (AvgIpc) is 2.89. The Labute approximate surface area is 123 Å². The number of rotatable bonds is 4. The van der Waals surface area contributed by atoms with Crippen LogP contribution in [0.1, 0.15) is 30.7 Å². The first-order valence-corrected chi connectivity index (χ1v) is 7.10. The highest BCUT2D eigenvalue weighted by Gasteiger charge is 2.19. The first kappa shape index (κ1) is 15.8. The van der Waals surface area contributed by atoms with Crippen molar-refractivity contribution in [2.45, 2.75) is 25.8 Å². The maximum atomic E-state index is 11.8. The normalized spacial score (nSPS) is 20.2. The quantitative estimate of drug-likeness (QED) is 0.898. The molecule has 1 aliphatic rings. The first-order valence-electron chi connectivity index (χ1n) is 5.90. The molecule has 2 unspecified atom stereocenters. The van der Waals surface area contributed by atoms with Gasteiger partial charge in [0.2, 0.25) is 5.91 Å². The van der Waals surface area contributed by atoms with E-state index in [4.69, 9.17) is 11.6 Å². The van der Waals surface area contributed by atoms with Crippen molar-refractivity contribution in [1.82, 2.24) is 10.6 Å². The van der Waals surface area contributed by atoms with Crippen molar-refractivity contribution in [2.24, 2.45) is 5.92 Å². The van der Waals surface area contributed by atoms with Crippen LogP contribution in [-0.4, -0.2) is 19.0 Å². The van der Waals surface area contributed by atoms with Gasteiger partial charge in [0.05, 0.1) is 10.4 Å². The maximum absolute atomic E-state index is 11.8. The molecular formula is C12H18Cl2N2OS. The number of carbonyl (C=O) groups is 1. The summed E-state index contributed by atoms with van der Waals surface area (Å²) >= 11 is 7.39. The molecule has 0 radical (unpaired) electrons. The predicted molar refractivity (Wildman–Crippen MR) is 78.7 cm³/mol. The molecule has 102 valence electrons. The summed E-state index contributed by atoms with van der Waals surface area (Å²) in [6.07, 6.45) is 1.73. The van der Waals surface area contributed by atoms with Gasteiger partial charge in [-0.3, -0.25) is 4.79 Å². The summed E-state index contributed by atoms with van der Waals surface area (Å²) in [4.78, 5) is 12.9. The molecule has 0 aliphatic carbocycles. The van der Waals surface area contributed by atoms with Crippen LogP contribution < -0.4 is 10.6 Å². The number of amides is 1. The van der Waals surface area contributed by atoms with E-state index in [0.717, 1.165) is 28.7 Å². The van der Waals surface area contributed by atoms with Gasteiger partial charge in [0, 0.05) is 11.3 Å². The Morgan fingerprint density at radius 3 is 3.00 bits per heavy atom. The minimum absolute atomic E-state index is 0. The number of nitrogens with one attached hydrogen (secondary N) is 2. The van der Waals surface area contributed by atoms with E-state index in [2.05, 4.69) is 10.6 Å². The van der Waals surface area contributed by atoms with E-state index in [1.54, 1.807) is 0 Å². The van der Waals surface area contributed by atoms with E-state index in [0.29, 0.717) is 12.3 Å². The number of carbonyl (C=O) groups excluding carboxylic acids is 1. The molecule has 2 N–H and O–H groups in total. The lowest BCUT2D eigenvalue weighted by atomic mass is 10.0. The van der Waals surface area contributed by atoms with Gasteiger partial charge in [0.15, 0.2) is 0 Å². The monoisotopic (exact) mass is 308 g/mol. The van der Waals surface area contributed by atoms with Gasteiger partial charge < -0.3 is 10.6 Å². The van der Waals surface area contributed by atoms with Crippen LogP contribution in [0.5, 0.6) is 0 Å². The second kappa shape index (κ2) is 7.34. The molecule has 3 nitrogen and oxygen atoms in total. The fourth-order valence-corrected chi connectivity index (χ4v) is 3.15. The fraction of sp³-hybridized carbons (Fsp3) is 0.583. The second-order valence-corrected chi connectivity index (χ2v) is 6.24. The van der Waals surface area contributed by atoms with Gasteiger partial charge in [0.25, 0.3) is 0 Å². The zero-order chi connectivity index (χ0) is 12.3. The van der Waals surface area contributed by atoms with Crippen molar-refractivity contribution in [3.05, 3.63) is 21.3 Å². The van der Waals surface area contributed by atoms with Crippen LogP contribution in [0.15, 0.2) is 12.1 Å². The lowest BCUT2D eigenvalue weighted by molar-refractivity contribution is -0.122. The van der Waals surface area contributed by atoms with Crippen LogP contribution >= 0.6 is 35.3 Å². The average molecular weight is 309 g/mol. The van der Waals surface area contributed by atoms with Gasteiger partial charge in [0.1, 0.15) is 0 Å². The molecule has 18 heavy (non-hydrogen) atoms. The molecule has 0 saturated carbocycles. The summed E-state index contributed by atoms with van der Waals surface area (Å²) < 4.78 is 0.765. The third-order valence-electron chi connectivity index (χ3n) is 3.03. The van der Waals surface area contributed by atoms with Gasteiger partial charge in [-0.2, -0.15) is 0 Å². The lowest BCUT2D eigenvalue weighted by Crippen LogP contribution is -2.28. The number of hydrogen-bond donors (Lipinski definition) is 2. The van der Waals surface area contributed by atoms with Crippen LogP contribution in [0, 0.1) is 5.92 Å². The summed E-state index contributed by atoms with van der Waals surface area (Å²) in [5, 5.41) is 6.29. The molecule has 0 aromatic carbocycles. The van der Waals surface area contributed by atoms with Crippen LogP contribution in [0.3, 0.4) is 0 Å². The summed E-state index contributed by atoms with van der Waals surface area (Å²) in [5.74, 6) is 0.629. The van der Waals surface area contributed by atoms with Crippen LogP contribution in [0.25, 0.3) is 0 Å². The van der Waals surface area contributed by atoms with Crippen molar-refractivity contribution < 1.29 is 4.79 Å². The van der Waals surface area contributed by atoms with Crippen LogP contribution in [-0.2, 0) is 4.79 Å². The predicted octanol–water partition coefficient (Wildman–Crippen LogP) is 3.00. The molecule has 1 aromatic heterocycles. The largest absolute Gasteiger partial charge is 0.349 e. The third-order valence-corrected chi connectivity index (χ3v) is 4.45. The molecular weight excluding hydrogens is 291 g/mol. The highest BCUT2D eigenvalue weighted by molar-refractivity contribution is 7.16. The zero-order valence-electron chi connectivity index (χ0n) is 10.2. The number of thiophene rings is 1. The topological polar surface area (TPSA) is 41.1 Å². The SMILES string of the molecule is CC(NC(=O)CC1CCNC1)c1ccc(Cl)s1.Cl. The Hall–Kier alpha value is -0.290. The van der Waals surface area contributed by atoms with Crippen molar-refractivity contribution in [1.29, 1.82) is 0 Å². The molecule has 0 bridgehead atoms. The highest BCUT2D eigenvalue weighted by Crippen LogP contribution is 2.26. The summed E-state index contributed by atoms with van der Waals surface area (Å²) in [6, 6.07) is 3.88. The van der Waals surface area contributed by atoms with Gasteiger partial charge in [-0.05, 0) is 44.5 Å². The van der Waals surface area contributed by atoms with E-state index in [1.807, 2.05) is 19.1 Å². The molecule has 1 fully saturated rings. The van der Waals surface area contributed by atoms with Crippen molar-refractivity contribution in [3.8, 4) is 0 Å². The molecule has 1 saturated heterocycles. The van der Waals surface area contributed by atoms with E-state index >= 15 is 0 Å². The molecule has 0 spiro atoms. The summed E-state index contributed by atoms with van der Waals surface area (Å²) in [5.41, 5.74) is 0. The smallest absolute Gasteiger partial charge is 0.220 e. The molecule has 2 atom stereocenters. The number of halogens is 2. The molecule has 6 heteroatoms.